The summed E-state index contributed by atoms with van der Waals surface area (Å²) < 4.78 is 0. The molecule has 1 saturated heterocycles. The maximum absolute atomic E-state index is 12.8. The zero-order chi connectivity index (χ0) is 17.3. The Kier molecular flexibility index (Phi) is 4.30. The van der Waals surface area contributed by atoms with Crippen molar-refractivity contribution in [2.24, 2.45) is 5.41 Å². The van der Waals surface area contributed by atoms with Crippen LogP contribution in [0.2, 0.25) is 0 Å². The molecule has 3 amide bonds. The van der Waals surface area contributed by atoms with Gasteiger partial charge in [0, 0.05) is 31.9 Å². The number of piperazine rings is 1. The van der Waals surface area contributed by atoms with Crippen LogP contribution in [0.15, 0.2) is 18.2 Å². The van der Waals surface area contributed by atoms with Crippen molar-refractivity contribution in [3.63, 3.8) is 0 Å². The van der Waals surface area contributed by atoms with E-state index in [2.05, 4.69) is 5.32 Å². The number of hydrogen-bond donors (Lipinski definition) is 1. The van der Waals surface area contributed by atoms with Crippen LogP contribution in [-0.2, 0) is 14.4 Å². The molecule has 0 unspecified atom stereocenters. The lowest BCUT2D eigenvalue weighted by atomic mass is 10.0. The van der Waals surface area contributed by atoms with Crippen LogP contribution in [0.3, 0.4) is 0 Å². The molecule has 0 bridgehead atoms. The zero-order valence-electron chi connectivity index (χ0n) is 14.2. The summed E-state index contributed by atoms with van der Waals surface area (Å²) in [6.07, 6.45) is 1.99. The first-order valence-corrected chi connectivity index (χ1v) is 8.34. The second-order valence-corrected chi connectivity index (χ2v) is 6.77. The van der Waals surface area contributed by atoms with E-state index < -0.39 is 5.41 Å². The molecule has 128 valence electrons. The number of nitrogens with one attached hydrogen (secondary N) is 1. The van der Waals surface area contributed by atoms with E-state index in [0.717, 1.165) is 17.7 Å². The Labute approximate surface area is 141 Å². The van der Waals surface area contributed by atoms with Gasteiger partial charge < -0.3 is 15.1 Å². The molecule has 1 aliphatic heterocycles. The standard InChI is InChI=1S/C18H23N3O3/c1-13-3-4-15(11-14(13)2)19-16(23)18(5-6-18)17(24)21-9-7-20(12-22)8-10-21/h3-4,11-12H,5-10H2,1-2H3,(H,19,23). The highest BCUT2D eigenvalue weighted by molar-refractivity contribution is 6.13. The molecule has 1 N–H and O–H groups in total. The van der Waals surface area contributed by atoms with Crippen molar-refractivity contribution >= 4 is 23.9 Å². The monoisotopic (exact) mass is 329 g/mol. The van der Waals surface area contributed by atoms with Gasteiger partial charge in [0.15, 0.2) is 0 Å². The number of nitrogens with zero attached hydrogens (tertiary/aromatic N) is 2. The average molecular weight is 329 g/mol. The van der Waals surface area contributed by atoms with Gasteiger partial charge in [-0.25, -0.2) is 0 Å². The minimum Gasteiger partial charge on any atom is -0.342 e. The van der Waals surface area contributed by atoms with Crippen molar-refractivity contribution in [1.29, 1.82) is 0 Å². The Morgan fingerprint density at radius 2 is 1.75 bits per heavy atom. The lowest BCUT2D eigenvalue weighted by molar-refractivity contribution is -0.144. The SMILES string of the molecule is Cc1ccc(NC(=O)C2(C(=O)N3CCN(C=O)CC3)CC2)cc1C. The fraction of sp³-hybridized carbons (Fsp3) is 0.500. The Morgan fingerprint density at radius 3 is 2.29 bits per heavy atom. The third kappa shape index (κ3) is 3.00. The number of carbonyl (C=O) groups excluding carboxylic acids is 3. The van der Waals surface area contributed by atoms with Gasteiger partial charge >= 0.3 is 0 Å². The fourth-order valence-electron chi connectivity index (χ4n) is 3.07. The highest BCUT2D eigenvalue weighted by Gasteiger charge is 2.58. The largest absolute Gasteiger partial charge is 0.342 e. The summed E-state index contributed by atoms with van der Waals surface area (Å²) >= 11 is 0. The quantitative estimate of drug-likeness (QED) is 0.669. The molecule has 2 aliphatic rings. The van der Waals surface area contributed by atoms with Gasteiger partial charge in [-0.3, -0.25) is 14.4 Å². The number of anilines is 1. The van der Waals surface area contributed by atoms with E-state index in [4.69, 9.17) is 0 Å². The highest BCUT2D eigenvalue weighted by Crippen LogP contribution is 2.48. The second kappa shape index (κ2) is 6.26. The van der Waals surface area contributed by atoms with Crippen LogP contribution in [0.25, 0.3) is 0 Å². The lowest BCUT2D eigenvalue weighted by Crippen LogP contribution is -2.52. The molecule has 0 radical (unpaired) electrons. The molecular formula is C18H23N3O3. The van der Waals surface area contributed by atoms with Crippen LogP contribution < -0.4 is 5.32 Å². The van der Waals surface area contributed by atoms with Crippen LogP contribution in [0.1, 0.15) is 24.0 Å². The summed E-state index contributed by atoms with van der Waals surface area (Å²) in [6, 6.07) is 5.76. The Balaban J connectivity index is 1.66. The van der Waals surface area contributed by atoms with Crippen LogP contribution >= 0.6 is 0 Å². The summed E-state index contributed by atoms with van der Waals surface area (Å²) in [6.45, 7) is 6.07. The van der Waals surface area contributed by atoms with E-state index in [9.17, 15) is 14.4 Å². The summed E-state index contributed by atoms with van der Waals surface area (Å²) in [4.78, 5) is 39.6. The van der Waals surface area contributed by atoms with Gasteiger partial charge in [-0.1, -0.05) is 6.07 Å². The van der Waals surface area contributed by atoms with Crippen molar-refractivity contribution in [2.45, 2.75) is 26.7 Å². The van der Waals surface area contributed by atoms with E-state index in [0.29, 0.717) is 39.0 Å². The molecule has 24 heavy (non-hydrogen) atoms. The van der Waals surface area contributed by atoms with Crippen molar-refractivity contribution in [2.75, 3.05) is 31.5 Å². The van der Waals surface area contributed by atoms with E-state index >= 15 is 0 Å². The number of hydrogen-bond acceptors (Lipinski definition) is 3. The Hall–Kier alpha value is -2.37. The molecule has 1 aromatic rings. The minimum absolute atomic E-state index is 0.102. The predicted molar refractivity (Wildman–Crippen MR) is 90.4 cm³/mol. The summed E-state index contributed by atoms with van der Waals surface area (Å²) in [5.74, 6) is -0.317. The van der Waals surface area contributed by atoms with Gasteiger partial charge in [-0.15, -0.1) is 0 Å². The molecule has 0 aromatic heterocycles. The fourth-order valence-corrected chi connectivity index (χ4v) is 3.07. The molecule has 1 aromatic carbocycles. The molecule has 1 heterocycles. The van der Waals surface area contributed by atoms with Crippen molar-refractivity contribution in [3.8, 4) is 0 Å². The molecule has 6 nitrogen and oxygen atoms in total. The van der Waals surface area contributed by atoms with Gasteiger partial charge in [0.2, 0.25) is 18.2 Å². The summed E-state index contributed by atoms with van der Waals surface area (Å²) in [5.41, 5.74) is 2.09. The van der Waals surface area contributed by atoms with Gasteiger partial charge in [0.25, 0.3) is 0 Å². The number of rotatable bonds is 4. The third-order valence-electron chi connectivity index (χ3n) is 5.11. The Bertz CT molecular complexity index is 674. The van der Waals surface area contributed by atoms with Gasteiger partial charge in [0.05, 0.1) is 0 Å². The van der Waals surface area contributed by atoms with Crippen molar-refractivity contribution in [3.05, 3.63) is 29.3 Å². The maximum Gasteiger partial charge on any atom is 0.240 e. The van der Waals surface area contributed by atoms with Crippen LogP contribution in [0, 0.1) is 19.3 Å². The molecule has 0 spiro atoms. The lowest BCUT2D eigenvalue weighted by Gasteiger charge is -2.34. The third-order valence-corrected chi connectivity index (χ3v) is 5.11. The maximum atomic E-state index is 12.8. The number of benzene rings is 1. The molecule has 6 heteroatoms. The number of amides is 3. The van der Waals surface area contributed by atoms with E-state index in [-0.39, 0.29) is 11.8 Å². The van der Waals surface area contributed by atoms with Gasteiger partial charge in [-0.2, -0.15) is 0 Å². The summed E-state index contributed by atoms with van der Waals surface area (Å²) in [5, 5.41) is 2.90. The average Bonchev–Trinajstić information content (AvgIpc) is 3.39. The van der Waals surface area contributed by atoms with Crippen molar-refractivity contribution in [1.82, 2.24) is 9.80 Å². The smallest absolute Gasteiger partial charge is 0.240 e. The molecule has 0 atom stereocenters. The zero-order valence-corrected chi connectivity index (χ0v) is 14.2. The molecule has 2 fully saturated rings. The minimum atomic E-state index is -0.915. The number of aryl methyl sites for hydroxylation is 2. The van der Waals surface area contributed by atoms with E-state index in [1.807, 2.05) is 32.0 Å². The van der Waals surface area contributed by atoms with Gasteiger partial charge in [-0.05, 0) is 49.9 Å². The molecule has 3 rings (SSSR count). The number of carbonyl (C=O) groups is 3. The second-order valence-electron chi connectivity index (χ2n) is 6.77. The van der Waals surface area contributed by atoms with Crippen LogP contribution in [0.4, 0.5) is 5.69 Å². The van der Waals surface area contributed by atoms with E-state index in [1.54, 1.807) is 9.80 Å². The first-order valence-electron chi connectivity index (χ1n) is 8.34. The van der Waals surface area contributed by atoms with Crippen LogP contribution in [-0.4, -0.2) is 54.2 Å². The molecule has 1 saturated carbocycles. The normalized spacial score (nSPS) is 18.9. The van der Waals surface area contributed by atoms with Gasteiger partial charge in [0.1, 0.15) is 5.41 Å². The molecule has 1 aliphatic carbocycles. The summed E-state index contributed by atoms with van der Waals surface area (Å²) in [7, 11) is 0. The first-order chi connectivity index (χ1) is 11.5. The topological polar surface area (TPSA) is 69.7 Å². The Morgan fingerprint density at radius 1 is 1.08 bits per heavy atom. The highest BCUT2D eigenvalue weighted by atomic mass is 16.2. The van der Waals surface area contributed by atoms with Crippen molar-refractivity contribution < 1.29 is 14.4 Å². The predicted octanol–water partition coefficient (Wildman–Crippen LogP) is 1.32. The molecular weight excluding hydrogens is 306 g/mol. The first kappa shape index (κ1) is 16.5. The van der Waals surface area contributed by atoms with E-state index in [1.165, 1.54) is 5.56 Å². The van der Waals surface area contributed by atoms with Crippen LogP contribution in [0.5, 0.6) is 0 Å².